The number of ether oxygens (including phenoxy) is 1. The molecule has 1 spiro atoms. The fraction of sp³-hybridized carbons (Fsp3) is 0.500. The second-order valence-electron chi connectivity index (χ2n) is 8.13. The Bertz CT molecular complexity index is 879. The van der Waals surface area contributed by atoms with Gasteiger partial charge in [-0.05, 0) is 37.3 Å². The van der Waals surface area contributed by atoms with Crippen molar-refractivity contribution in [3.05, 3.63) is 47.3 Å². The first-order chi connectivity index (χ1) is 13.5. The highest BCUT2D eigenvalue weighted by atomic mass is 16.5. The number of nitrogens with zero attached hydrogens (tertiary/aromatic N) is 4. The second-order valence-corrected chi connectivity index (χ2v) is 8.13. The van der Waals surface area contributed by atoms with Gasteiger partial charge >= 0.3 is 0 Å². The molecular formula is C22H28N4O2. The Hall–Kier alpha value is -2.63. The summed E-state index contributed by atoms with van der Waals surface area (Å²) in [6, 6.07) is 7.76. The molecule has 2 aromatic rings. The largest absolute Gasteiger partial charge is 0.496 e. The summed E-state index contributed by atoms with van der Waals surface area (Å²) in [6.07, 6.45) is 6.49. The molecule has 1 saturated heterocycles. The number of anilines is 1. The number of benzene rings is 1. The molecule has 1 aliphatic heterocycles. The van der Waals surface area contributed by atoms with E-state index in [2.05, 4.69) is 4.98 Å². The van der Waals surface area contributed by atoms with Crippen LogP contribution in [0.3, 0.4) is 0 Å². The minimum atomic E-state index is -0.0300. The Morgan fingerprint density at radius 3 is 2.89 bits per heavy atom. The number of fused-ring (bicyclic) bond motifs is 2. The van der Waals surface area contributed by atoms with Gasteiger partial charge in [0.1, 0.15) is 5.75 Å². The molecule has 28 heavy (non-hydrogen) atoms. The first-order valence-corrected chi connectivity index (χ1v) is 9.96. The van der Waals surface area contributed by atoms with E-state index in [1.807, 2.05) is 54.4 Å². The topological polar surface area (TPSA) is 58.6 Å². The Morgan fingerprint density at radius 2 is 2.11 bits per heavy atom. The normalized spacial score (nSPS) is 20.9. The van der Waals surface area contributed by atoms with Crippen molar-refractivity contribution in [1.82, 2.24) is 14.9 Å². The summed E-state index contributed by atoms with van der Waals surface area (Å²) in [7, 11) is 5.58. The highest BCUT2D eigenvalue weighted by Crippen LogP contribution is 2.44. The number of methoxy groups -OCH3 is 1. The van der Waals surface area contributed by atoms with Crippen molar-refractivity contribution in [1.29, 1.82) is 0 Å². The van der Waals surface area contributed by atoms with E-state index in [1.54, 1.807) is 7.11 Å². The standard InChI is InChI=1S/C22H28N4O2/c1-25(2)21-23-14-17-9-11-22(20(17)24-21)10-6-12-26(15-22)19(27)13-16-7-4-5-8-18(16)28-3/h4-5,7-8,14H,6,9-13,15H2,1-3H3. The van der Waals surface area contributed by atoms with E-state index in [0.717, 1.165) is 61.7 Å². The van der Waals surface area contributed by atoms with Crippen LogP contribution >= 0.6 is 0 Å². The number of amides is 1. The average Bonchev–Trinajstić information content (AvgIpc) is 3.05. The van der Waals surface area contributed by atoms with E-state index < -0.39 is 0 Å². The lowest BCUT2D eigenvalue weighted by atomic mass is 9.77. The molecule has 2 heterocycles. The van der Waals surface area contributed by atoms with Crippen molar-refractivity contribution in [3.8, 4) is 5.75 Å². The van der Waals surface area contributed by atoms with Crippen molar-refractivity contribution in [2.75, 3.05) is 39.2 Å². The molecule has 1 unspecified atom stereocenters. The number of likely N-dealkylation sites (tertiary alicyclic amines) is 1. The summed E-state index contributed by atoms with van der Waals surface area (Å²) in [5.41, 5.74) is 3.31. The van der Waals surface area contributed by atoms with E-state index >= 15 is 0 Å². The van der Waals surface area contributed by atoms with E-state index in [9.17, 15) is 4.79 Å². The van der Waals surface area contributed by atoms with Gasteiger partial charge in [0.25, 0.3) is 0 Å². The van der Waals surface area contributed by atoms with Crippen LogP contribution in [-0.2, 0) is 23.1 Å². The van der Waals surface area contributed by atoms with Crippen LogP contribution in [0.1, 0.15) is 36.1 Å². The van der Waals surface area contributed by atoms with Gasteiger partial charge in [-0.3, -0.25) is 4.79 Å². The van der Waals surface area contributed by atoms with Gasteiger partial charge in [0.05, 0.1) is 19.2 Å². The third-order valence-electron chi connectivity index (χ3n) is 6.09. The summed E-state index contributed by atoms with van der Waals surface area (Å²) >= 11 is 0. The molecule has 0 bridgehead atoms. The summed E-state index contributed by atoms with van der Waals surface area (Å²) in [5.74, 6) is 1.69. The van der Waals surface area contributed by atoms with Gasteiger partial charge in [-0.2, -0.15) is 0 Å². The second kappa shape index (κ2) is 7.41. The van der Waals surface area contributed by atoms with Gasteiger partial charge in [0.15, 0.2) is 0 Å². The van der Waals surface area contributed by atoms with Gasteiger partial charge in [0.2, 0.25) is 11.9 Å². The van der Waals surface area contributed by atoms with E-state index in [1.165, 1.54) is 5.56 Å². The van der Waals surface area contributed by atoms with Gasteiger partial charge in [0, 0.05) is 44.4 Å². The van der Waals surface area contributed by atoms with Crippen molar-refractivity contribution in [2.24, 2.45) is 0 Å². The van der Waals surface area contributed by atoms with Crippen LogP contribution in [-0.4, -0.2) is 55.1 Å². The predicted octanol–water partition coefficient (Wildman–Crippen LogP) is 2.60. The van der Waals surface area contributed by atoms with E-state index in [-0.39, 0.29) is 11.3 Å². The molecule has 0 radical (unpaired) electrons. The zero-order valence-corrected chi connectivity index (χ0v) is 16.9. The third-order valence-corrected chi connectivity index (χ3v) is 6.09. The molecule has 1 fully saturated rings. The number of hydrogen-bond acceptors (Lipinski definition) is 5. The molecule has 1 atom stereocenters. The zero-order chi connectivity index (χ0) is 19.7. The predicted molar refractivity (Wildman–Crippen MR) is 109 cm³/mol. The first kappa shape index (κ1) is 18.7. The van der Waals surface area contributed by atoms with Crippen LogP contribution in [0.15, 0.2) is 30.5 Å². The Labute approximate surface area is 166 Å². The Morgan fingerprint density at radius 1 is 1.29 bits per heavy atom. The SMILES string of the molecule is COc1ccccc1CC(=O)N1CCCC2(CCc3cnc(N(C)C)nc32)C1. The molecule has 0 saturated carbocycles. The van der Waals surface area contributed by atoms with Crippen LogP contribution in [0.4, 0.5) is 5.95 Å². The number of hydrogen-bond donors (Lipinski definition) is 0. The van der Waals surface area contributed by atoms with Gasteiger partial charge in [-0.1, -0.05) is 18.2 Å². The minimum Gasteiger partial charge on any atom is -0.496 e. The molecule has 0 N–H and O–H groups in total. The van der Waals surface area contributed by atoms with E-state index in [0.29, 0.717) is 6.42 Å². The molecule has 6 heteroatoms. The molecule has 4 rings (SSSR count). The van der Waals surface area contributed by atoms with Crippen LogP contribution < -0.4 is 9.64 Å². The van der Waals surface area contributed by atoms with Crippen LogP contribution in [0.2, 0.25) is 0 Å². The molecule has 1 aromatic carbocycles. The molecule has 148 valence electrons. The zero-order valence-electron chi connectivity index (χ0n) is 16.9. The highest BCUT2D eigenvalue weighted by molar-refractivity contribution is 5.80. The molecule has 2 aliphatic rings. The van der Waals surface area contributed by atoms with Crippen molar-refractivity contribution < 1.29 is 9.53 Å². The van der Waals surface area contributed by atoms with Crippen LogP contribution in [0, 0.1) is 0 Å². The molecule has 1 aliphatic carbocycles. The van der Waals surface area contributed by atoms with E-state index in [4.69, 9.17) is 9.72 Å². The van der Waals surface area contributed by atoms with Crippen LogP contribution in [0.25, 0.3) is 0 Å². The molecule has 6 nitrogen and oxygen atoms in total. The number of carbonyl (C=O) groups is 1. The maximum atomic E-state index is 13.1. The molecule has 1 aromatic heterocycles. The lowest BCUT2D eigenvalue weighted by molar-refractivity contribution is -0.132. The Kier molecular flexibility index (Phi) is 4.96. The summed E-state index contributed by atoms with van der Waals surface area (Å²) in [5, 5.41) is 0. The minimum absolute atomic E-state index is 0.0300. The molecule has 1 amide bonds. The highest BCUT2D eigenvalue weighted by Gasteiger charge is 2.44. The number of aryl methyl sites for hydroxylation is 1. The number of piperidine rings is 1. The quantitative estimate of drug-likeness (QED) is 0.816. The average molecular weight is 380 g/mol. The number of para-hydroxylation sites is 1. The summed E-state index contributed by atoms with van der Waals surface area (Å²) in [6.45, 7) is 1.56. The summed E-state index contributed by atoms with van der Waals surface area (Å²) in [4.78, 5) is 26.4. The number of carbonyl (C=O) groups excluding carboxylic acids is 1. The molecular weight excluding hydrogens is 352 g/mol. The monoisotopic (exact) mass is 380 g/mol. The van der Waals surface area contributed by atoms with Gasteiger partial charge in [-0.15, -0.1) is 0 Å². The Balaban J connectivity index is 1.56. The fourth-order valence-electron chi connectivity index (χ4n) is 4.61. The van der Waals surface area contributed by atoms with Gasteiger partial charge in [-0.25, -0.2) is 9.97 Å². The first-order valence-electron chi connectivity index (χ1n) is 9.96. The lowest BCUT2D eigenvalue weighted by Gasteiger charge is -2.40. The van der Waals surface area contributed by atoms with Gasteiger partial charge < -0.3 is 14.5 Å². The maximum absolute atomic E-state index is 13.1. The summed E-state index contributed by atoms with van der Waals surface area (Å²) < 4.78 is 5.42. The maximum Gasteiger partial charge on any atom is 0.227 e. The number of rotatable bonds is 4. The third kappa shape index (κ3) is 3.32. The van der Waals surface area contributed by atoms with Crippen LogP contribution in [0.5, 0.6) is 5.75 Å². The lowest BCUT2D eigenvalue weighted by Crippen LogP contribution is -2.48. The van der Waals surface area contributed by atoms with Crippen molar-refractivity contribution in [3.63, 3.8) is 0 Å². The van der Waals surface area contributed by atoms with Crippen molar-refractivity contribution in [2.45, 2.75) is 37.5 Å². The van der Waals surface area contributed by atoms with Crippen molar-refractivity contribution >= 4 is 11.9 Å². The number of aromatic nitrogens is 2. The smallest absolute Gasteiger partial charge is 0.227 e. The fourth-order valence-corrected chi connectivity index (χ4v) is 4.61.